The van der Waals surface area contributed by atoms with Crippen LogP contribution in [0, 0.1) is 0 Å². The molecule has 0 saturated carbocycles. The highest BCUT2D eigenvalue weighted by Gasteiger charge is 2.16. The van der Waals surface area contributed by atoms with Crippen molar-refractivity contribution in [2.75, 3.05) is 17.7 Å². The van der Waals surface area contributed by atoms with Crippen molar-refractivity contribution >= 4 is 22.6 Å². The number of rotatable bonds is 2. The van der Waals surface area contributed by atoms with Crippen LogP contribution in [0.15, 0.2) is 35.3 Å². The molecule has 1 aliphatic heterocycles. The number of hydrogen-bond acceptors (Lipinski definition) is 4. The van der Waals surface area contributed by atoms with E-state index in [-0.39, 0.29) is 12.6 Å². The van der Waals surface area contributed by atoms with Crippen molar-refractivity contribution in [3.63, 3.8) is 0 Å². The lowest BCUT2D eigenvalue weighted by Gasteiger charge is -2.03. The molecule has 0 fully saturated rings. The molecule has 1 aromatic rings. The van der Waals surface area contributed by atoms with Crippen molar-refractivity contribution in [3.05, 3.63) is 30.3 Å². The summed E-state index contributed by atoms with van der Waals surface area (Å²) in [4.78, 5) is 4.32. The van der Waals surface area contributed by atoms with E-state index in [1.165, 1.54) is 0 Å². The summed E-state index contributed by atoms with van der Waals surface area (Å²) >= 11 is 1.65. The Hall–Kier alpha value is -1.00. The molecular formula is C10H12N2OS. The minimum absolute atomic E-state index is 0.0613. The van der Waals surface area contributed by atoms with Gasteiger partial charge in [-0.15, -0.1) is 0 Å². The fourth-order valence-electron chi connectivity index (χ4n) is 1.22. The summed E-state index contributed by atoms with van der Waals surface area (Å²) in [6.07, 6.45) is 0. The topological polar surface area (TPSA) is 44.6 Å². The Bertz CT molecular complexity index is 326. The molecule has 74 valence electrons. The van der Waals surface area contributed by atoms with Crippen molar-refractivity contribution in [3.8, 4) is 0 Å². The van der Waals surface area contributed by atoms with Crippen LogP contribution in [0.2, 0.25) is 0 Å². The summed E-state index contributed by atoms with van der Waals surface area (Å²) in [5, 5.41) is 13.0. The zero-order chi connectivity index (χ0) is 9.80. The van der Waals surface area contributed by atoms with E-state index in [1.54, 1.807) is 11.8 Å². The molecule has 1 atom stereocenters. The number of nitrogens with zero attached hydrogens (tertiary/aromatic N) is 1. The van der Waals surface area contributed by atoms with Gasteiger partial charge in [-0.25, -0.2) is 0 Å². The van der Waals surface area contributed by atoms with Gasteiger partial charge in [-0.3, -0.25) is 4.99 Å². The van der Waals surface area contributed by atoms with E-state index in [2.05, 4.69) is 10.3 Å². The van der Waals surface area contributed by atoms with E-state index >= 15 is 0 Å². The number of hydrogen-bond donors (Lipinski definition) is 2. The summed E-state index contributed by atoms with van der Waals surface area (Å²) in [6, 6.07) is 9.99. The third-order valence-corrected chi connectivity index (χ3v) is 2.98. The highest BCUT2D eigenvalue weighted by molar-refractivity contribution is 8.14. The average Bonchev–Trinajstić information content (AvgIpc) is 2.67. The molecular weight excluding hydrogens is 196 g/mol. The molecule has 4 heteroatoms. The maximum Gasteiger partial charge on any atom is 0.161 e. The molecule has 1 aliphatic rings. The van der Waals surface area contributed by atoms with Gasteiger partial charge in [-0.05, 0) is 12.1 Å². The van der Waals surface area contributed by atoms with Gasteiger partial charge in [0.1, 0.15) is 0 Å². The van der Waals surface area contributed by atoms with Gasteiger partial charge in [0.25, 0.3) is 0 Å². The summed E-state index contributed by atoms with van der Waals surface area (Å²) in [5.74, 6) is 0.867. The first-order valence-corrected chi connectivity index (χ1v) is 5.50. The Morgan fingerprint density at radius 2 is 2.21 bits per heavy atom. The van der Waals surface area contributed by atoms with Crippen molar-refractivity contribution < 1.29 is 5.11 Å². The molecule has 0 aromatic heterocycles. The fourth-order valence-corrected chi connectivity index (χ4v) is 2.17. The lowest BCUT2D eigenvalue weighted by atomic mass is 10.3. The lowest BCUT2D eigenvalue weighted by Crippen LogP contribution is -2.09. The van der Waals surface area contributed by atoms with Gasteiger partial charge < -0.3 is 10.4 Å². The van der Waals surface area contributed by atoms with Gasteiger partial charge in [0.2, 0.25) is 0 Å². The summed E-state index contributed by atoms with van der Waals surface area (Å²) < 4.78 is 0. The molecule has 0 spiro atoms. The maximum absolute atomic E-state index is 8.90. The Balaban J connectivity index is 1.99. The largest absolute Gasteiger partial charge is 0.394 e. The molecule has 2 N–H and O–H groups in total. The predicted molar refractivity (Wildman–Crippen MR) is 60.8 cm³/mol. The van der Waals surface area contributed by atoms with Crippen LogP contribution in [-0.4, -0.2) is 28.7 Å². The Morgan fingerprint density at radius 3 is 2.86 bits per heavy atom. The molecule has 14 heavy (non-hydrogen) atoms. The SMILES string of the molecule is OCC1CSC(Nc2ccccc2)=N1. The normalized spacial score (nSPS) is 20.6. The number of aliphatic imine (C=N–C) groups is 1. The number of amidine groups is 1. The highest BCUT2D eigenvalue weighted by Crippen LogP contribution is 2.19. The molecule has 2 rings (SSSR count). The van der Waals surface area contributed by atoms with Crippen LogP contribution < -0.4 is 5.32 Å². The van der Waals surface area contributed by atoms with E-state index in [9.17, 15) is 0 Å². The number of thioether (sulfide) groups is 1. The zero-order valence-electron chi connectivity index (χ0n) is 7.68. The standard InChI is InChI=1S/C10H12N2OS/c13-6-9-7-14-10(12-9)11-8-4-2-1-3-5-8/h1-5,9,13H,6-7H2,(H,11,12). The van der Waals surface area contributed by atoms with Gasteiger partial charge in [-0.2, -0.15) is 0 Å². The summed E-state index contributed by atoms with van der Waals surface area (Å²) in [7, 11) is 0. The second-order valence-electron chi connectivity index (χ2n) is 3.07. The van der Waals surface area contributed by atoms with Crippen LogP contribution in [0.5, 0.6) is 0 Å². The van der Waals surface area contributed by atoms with Crippen LogP contribution in [0.1, 0.15) is 0 Å². The van der Waals surface area contributed by atoms with Crippen LogP contribution >= 0.6 is 11.8 Å². The predicted octanol–water partition coefficient (Wildman–Crippen LogP) is 1.56. The van der Waals surface area contributed by atoms with E-state index in [4.69, 9.17) is 5.11 Å². The van der Waals surface area contributed by atoms with E-state index < -0.39 is 0 Å². The van der Waals surface area contributed by atoms with E-state index in [0.29, 0.717) is 0 Å². The summed E-state index contributed by atoms with van der Waals surface area (Å²) in [5.41, 5.74) is 1.04. The Labute approximate surface area is 87.2 Å². The van der Waals surface area contributed by atoms with Gasteiger partial charge in [-0.1, -0.05) is 30.0 Å². The lowest BCUT2D eigenvalue weighted by molar-refractivity contribution is 0.277. The molecule has 0 bridgehead atoms. The van der Waals surface area contributed by atoms with Gasteiger partial charge in [0, 0.05) is 11.4 Å². The number of aliphatic hydroxyl groups is 1. The molecule has 0 saturated heterocycles. The molecule has 1 unspecified atom stereocenters. The second-order valence-corrected chi connectivity index (χ2v) is 4.08. The molecule has 1 aromatic carbocycles. The van der Waals surface area contributed by atoms with Crippen LogP contribution in [0.3, 0.4) is 0 Å². The number of anilines is 1. The molecule has 3 nitrogen and oxygen atoms in total. The van der Waals surface area contributed by atoms with Crippen LogP contribution in [0.4, 0.5) is 5.69 Å². The quantitative estimate of drug-likeness (QED) is 0.775. The first-order valence-electron chi connectivity index (χ1n) is 4.52. The van der Waals surface area contributed by atoms with E-state index in [1.807, 2.05) is 30.3 Å². The minimum atomic E-state index is 0.0613. The minimum Gasteiger partial charge on any atom is -0.394 e. The van der Waals surface area contributed by atoms with Gasteiger partial charge >= 0.3 is 0 Å². The van der Waals surface area contributed by atoms with Crippen molar-refractivity contribution in [2.24, 2.45) is 4.99 Å². The fraction of sp³-hybridized carbons (Fsp3) is 0.300. The van der Waals surface area contributed by atoms with E-state index in [0.717, 1.165) is 16.6 Å². The number of aliphatic hydroxyl groups excluding tert-OH is 1. The van der Waals surface area contributed by atoms with Gasteiger partial charge in [0.05, 0.1) is 12.6 Å². The highest BCUT2D eigenvalue weighted by atomic mass is 32.2. The molecule has 0 radical (unpaired) electrons. The van der Waals surface area contributed by atoms with Crippen LogP contribution in [0.25, 0.3) is 0 Å². The zero-order valence-corrected chi connectivity index (χ0v) is 8.50. The third kappa shape index (κ3) is 2.27. The first kappa shape index (κ1) is 9.55. The smallest absolute Gasteiger partial charge is 0.161 e. The molecule has 0 aliphatic carbocycles. The third-order valence-electron chi connectivity index (χ3n) is 1.95. The van der Waals surface area contributed by atoms with Crippen molar-refractivity contribution in [2.45, 2.75) is 6.04 Å². The first-order chi connectivity index (χ1) is 6.88. The Morgan fingerprint density at radius 1 is 1.43 bits per heavy atom. The number of benzene rings is 1. The monoisotopic (exact) mass is 208 g/mol. The second kappa shape index (κ2) is 4.48. The van der Waals surface area contributed by atoms with Crippen LogP contribution in [-0.2, 0) is 0 Å². The number of nitrogens with one attached hydrogen (secondary N) is 1. The molecule has 0 amide bonds. The molecule has 1 heterocycles. The van der Waals surface area contributed by atoms with Gasteiger partial charge in [0.15, 0.2) is 5.17 Å². The summed E-state index contributed by atoms with van der Waals surface area (Å²) in [6.45, 7) is 0.132. The van der Waals surface area contributed by atoms with Crippen molar-refractivity contribution in [1.29, 1.82) is 0 Å². The van der Waals surface area contributed by atoms with Crippen molar-refractivity contribution in [1.82, 2.24) is 0 Å². The Kier molecular flexibility index (Phi) is 3.06. The number of para-hydroxylation sites is 1. The average molecular weight is 208 g/mol. The maximum atomic E-state index is 8.90.